The van der Waals surface area contributed by atoms with E-state index in [1.165, 1.54) is 6.07 Å². The molecule has 4 aromatic rings. The zero-order chi connectivity index (χ0) is 24.4. The molecular weight excluding hydrogens is 443 g/mol. The van der Waals surface area contributed by atoms with Gasteiger partial charge in [-0.05, 0) is 48.0 Å². The summed E-state index contributed by atoms with van der Waals surface area (Å²) in [6.07, 6.45) is 1.69. The fourth-order valence-electron chi connectivity index (χ4n) is 3.99. The van der Waals surface area contributed by atoms with Crippen molar-refractivity contribution in [2.75, 3.05) is 0 Å². The molecule has 2 amide bonds. The van der Waals surface area contributed by atoms with Gasteiger partial charge in [0, 0.05) is 16.7 Å². The first-order chi connectivity index (χ1) is 17.0. The monoisotopic (exact) mass is 464 g/mol. The summed E-state index contributed by atoms with van der Waals surface area (Å²) in [6.45, 7) is 1.72. The molecule has 0 fully saturated rings. The molecule has 0 aromatic heterocycles. The standard InChI is InChI=1S/C29H21FN2O3/c1-19-24(29(34)32(31-19)28(33)21-10-3-2-4-11-21)17-25-23-13-7-5-9-20(23)15-16-27(25)35-18-22-12-6-8-14-26(22)30/h2-17H,18H2,1H3/b24-17+. The Morgan fingerprint density at radius 2 is 1.66 bits per heavy atom. The molecule has 5 nitrogen and oxygen atoms in total. The smallest absolute Gasteiger partial charge is 0.283 e. The van der Waals surface area contributed by atoms with Crippen LogP contribution in [0.4, 0.5) is 4.39 Å². The van der Waals surface area contributed by atoms with E-state index in [4.69, 9.17) is 4.74 Å². The van der Waals surface area contributed by atoms with Crippen molar-refractivity contribution in [1.82, 2.24) is 5.01 Å². The predicted octanol–water partition coefficient (Wildman–Crippen LogP) is 6.00. The van der Waals surface area contributed by atoms with Gasteiger partial charge in [0.1, 0.15) is 18.2 Å². The number of hydrogen-bond donors (Lipinski definition) is 0. The normalized spacial score (nSPS) is 14.5. The van der Waals surface area contributed by atoms with Gasteiger partial charge < -0.3 is 4.74 Å². The van der Waals surface area contributed by atoms with Crippen molar-refractivity contribution >= 4 is 34.4 Å². The third kappa shape index (κ3) is 4.34. The Morgan fingerprint density at radius 1 is 0.943 bits per heavy atom. The second-order valence-corrected chi connectivity index (χ2v) is 8.11. The molecule has 1 heterocycles. The number of benzene rings is 4. The minimum absolute atomic E-state index is 0.0286. The maximum atomic E-state index is 14.1. The zero-order valence-electron chi connectivity index (χ0n) is 18.9. The summed E-state index contributed by atoms with van der Waals surface area (Å²) in [4.78, 5) is 26.1. The molecule has 0 bridgehead atoms. The van der Waals surface area contributed by atoms with Crippen LogP contribution in [-0.4, -0.2) is 22.5 Å². The number of halogens is 1. The zero-order valence-corrected chi connectivity index (χ0v) is 18.9. The molecular formula is C29H21FN2O3. The van der Waals surface area contributed by atoms with E-state index in [1.54, 1.807) is 67.6 Å². The fraction of sp³-hybridized carbons (Fsp3) is 0.0690. The Kier molecular flexibility index (Phi) is 5.94. The Balaban J connectivity index is 1.53. The summed E-state index contributed by atoms with van der Waals surface area (Å²) in [5, 5.41) is 6.94. The molecule has 5 rings (SSSR count). The molecule has 0 N–H and O–H groups in total. The molecule has 1 aliphatic rings. The summed E-state index contributed by atoms with van der Waals surface area (Å²) in [7, 11) is 0. The summed E-state index contributed by atoms with van der Waals surface area (Å²) in [5.74, 6) is -0.860. The lowest BCUT2D eigenvalue weighted by Gasteiger charge is -2.14. The fourth-order valence-corrected chi connectivity index (χ4v) is 3.99. The Morgan fingerprint density at radius 3 is 2.46 bits per heavy atom. The van der Waals surface area contributed by atoms with Crippen molar-refractivity contribution in [1.29, 1.82) is 0 Å². The summed E-state index contributed by atoms with van der Waals surface area (Å²) < 4.78 is 20.2. The van der Waals surface area contributed by atoms with Crippen molar-refractivity contribution in [3.63, 3.8) is 0 Å². The molecule has 4 aromatic carbocycles. The van der Waals surface area contributed by atoms with E-state index in [0.717, 1.165) is 15.8 Å². The molecule has 0 saturated carbocycles. The third-order valence-corrected chi connectivity index (χ3v) is 5.84. The lowest BCUT2D eigenvalue weighted by atomic mass is 9.99. The molecule has 0 saturated heterocycles. The Labute approximate surface area is 201 Å². The molecule has 0 spiro atoms. The van der Waals surface area contributed by atoms with Gasteiger partial charge >= 0.3 is 0 Å². The van der Waals surface area contributed by atoms with Gasteiger partial charge in [0.2, 0.25) is 0 Å². The van der Waals surface area contributed by atoms with Crippen LogP contribution in [0.25, 0.3) is 16.8 Å². The summed E-state index contributed by atoms with van der Waals surface area (Å²) >= 11 is 0. The highest BCUT2D eigenvalue weighted by Crippen LogP contribution is 2.32. The van der Waals surface area contributed by atoms with Crippen LogP contribution in [0, 0.1) is 5.82 Å². The third-order valence-electron chi connectivity index (χ3n) is 5.84. The number of carbonyl (C=O) groups is 2. The number of ether oxygens (including phenoxy) is 1. The van der Waals surface area contributed by atoms with Crippen LogP contribution < -0.4 is 4.74 Å². The van der Waals surface area contributed by atoms with Crippen LogP contribution in [0.1, 0.15) is 28.4 Å². The van der Waals surface area contributed by atoms with E-state index in [0.29, 0.717) is 33.7 Å². The van der Waals surface area contributed by atoms with Crippen LogP contribution in [0.3, 0.4) is 0 Å². The molecule has 1 aliphatic heterocycles. The number of imide groups is 1. The predicted molar refractivity (Wildman–Crippen MR) is 133 cm³/mol. The number of nitrogens with zero attached hydrogens (tertiary/aromatic N) is 2. The lowest BCUT2D eigenvalue weighted by molar-refractivity contribution is -0.123. The number of hydrogen-bond acceptors (Lipinski definition) is 4. The first-order valence-electron chi connectivity index (χ1n) is 11.1. The lowest BCUT2D eigenvalue weighted by Crippen LogP contribution is -2.29. The van der Waals surface area contributed by atoms with Crippen LogP contribution >= 0.6 is 0 Å². The topological polar surface area (TPSA) is 59.0 Å². The molecule has 0 atom stereocenters. The van der Waals surface area contributed by atoms with Crippen molar-refractivity contribution < 1.29 is 18.7 Å². The molecule has 35 heavy (non-hydrogen) atoms. The van der Waals surface area contributed by atoms with E-state index in [2.05, 4.69) is 5.10 Å². The second kappa shape index (κ2) is 9.35. The number of rotatable bonds is 5. The highest BCUT2D eigenvalue weighted by molar-refractivity contribution is 6.31. The van der Waals surface area contributed by atoms with Crippen molar-refractivity contribution in [3.8, 4) is 5.75 Å². The minimum atomic E-state index is -0.510. The average Bonchev–Trinajstić information content (AvgIpc) is 3.17. The summed E-state index contributed by atoms with van der Waals surface area (Å²) in [5.41, 5.74) is 2.17. The van der Waals surface area contributed by atoms with Crippen LogP contribution in [-0.2, 0) is 11.4 Å². The second-order valence-electron chi connectivity index (χ2n) is 8.11. The molecule has 6 heteroatoms. The van der Waals surface area contributed by atoms with E-state index in [1.807, 2.05) is 30.3 Å². The Hall–Kier alpha value is -4.58. The first kappa shape index (κ1) is 22.2. The van der Waals surface area contributed by atoms with Gasteiger partial charge in [-0.1, -0.05) is 66.7 Å². The quantitative estimate of drug-likeness (QED) is 0.269. The highest BCUT2D eigenvalue weighted by Gasteiger charge is 2.33. The highest BCUT2D eigenvalue weighted by atomic mass is 19.1. The van der Waals surface area contributed by atoms with Gasteiger partial charge in [-0.2, -0.15) is 10.1 Å². The average molecular weight is 464 g/mol. The first-order valence-corrected chi connectivity index (χ1v) is 11.1. The van der Waals surface area contributed by atoms with E-state index >= 15 is 0 Å². The van der Waals surface area contributed by atoms with E-state index < -0.39 is 11.8 Å². The van der Waals surface area contributed by atoms with Gasteiger partial charge in [0.15, 0.2) is 0 Å². The summed E-state index contributed by atoms with van der Waals surface area (Å²) in [6, 6.07) is 26.4. The molecule has 0 radical (unpaired) electrons. The minimum Gasteiger partial charge on any atom is -0.488 e. The van der Waals surface area contributed by atoms with Crippen molar-refractivity contribution in [2.24, 2.45) is 5.10 Å². The van der Waals surface area contributed by atoms with Crippen molar-refractivity contribution in [3.05, 3.63) is 119 Å². The molecule has 0 aliphatic carbocycles. The van der Waals surface area contributed by atoms with E-state index in [-0.39, 0.29) is 12.4 Å². The largest absolute Gasteiger partial charge is 0.488 e. The van der Waals surface area contributed by atoms with Crippen LogP contribution in [0.15, 0.2) is 102 Å². The van der Waals surface area contributed by atoms with Crippen LogP contribution in [0.2, 0.25) is 0 Å². The molecule has 0 unspecified atom stereocenters. The van der Waals surface area contributed by atoms with Gasteiger partial charge in [-0.15, -0.1) is 0 Å². The van der Waals surface area contributed by atoms with Crippen LogP contribution in [0.5, 0.6) is 5.75 Å². The Bertz CT molecular complexity index is 1510. The van der Waals surface area contributed by atoms with Gasteiger partial charge in [-0.25, -0.2) is 4.39 Å². The number of fused-ring (bicyclic) bond motifs is 1. The SMILES string of the molecule is CC1=NN(C(=O)c2ccccc2)C(=O)/C1=C/c1c(OCc2ccccc2F)ccc2ccccc12. The van der Waals surface area contributed by atoms with E-state index in [9.17, 15) is 14.0 Å². The number of carbonyl (C=O) groups excluding carboxylic acids is 2. The number of amides is 2. The van der Waals surface area contributed by atoms with Crippen molar-refractivity contribution in [2.45, 2.75) is 13.5 Å². The molecule has 172 valence electrons. The maximum Gasteiger partial charge on any atom is 0.283 e. The maximum absolute atomic E-state index is 14.1. The number of hydrazone groups is 1. The van der Waals surface area contributed by atoms with Gasteiger partial charge in [0.25, 0.3) is 11.8 Å². The van der Waals surface area contributed by atoms with Gasteiger partial charge in [0.05, 0.1) is 11.3 Å². The van der Waals surface area contributed by atoms with Gasteiger partial charge in [-0.3, -0.25) is 9.59 Å².